The number of rotatable bonds is 6. The third kappa shape index (κ3) is 4.24. The van der Waals surface area contributed by atoms with Crippen LogP contribution in [0.1, 0.15) is 5.56 Å². The van der Waals surface area contributed by atoms with E-state index in [-0.39, 0.29) is 12.5 Å². The number of carbonyl (C=O) groups excluding carboxylic acids is 1. The second kappa shape index (κ2) is 7.33. The highest BCUT2D eigenvalue weighted by Gasteiger charge is 2.11. The van der Waals surface area contributed by atoms with Gasteiger partial charge in [0.25, 0.3) is 5.91 Å². The van der Waals surface area contributed by atoms with Gasteiger partial charge in [0, 0.05) is 13.6 Å². The second-order valence-electron chi connectivity index (χ2n) is 4.67. The molecule has 0 bridgehead atoms. The van der Waals surface area contributed by atoms with Crippen LogP contribution in [0.2, 0.25) is 0 Å². The number of amides is 1. The van der Waals surface area contributed by atoms with E-state index in [2.05, 4.69) is 0 Å². The summed E-state index contributed by atoms with van der Waals surface area (Å²) in [4.78, 5) is 13.7. The minimum absolute atomic E-state index is 0.0102. The van der Waals surface area contributed by atoms with Crippen molar-refractivity contribution in [2.24, 2.45) is 0 Å². The standard InChI is InChI=1S/C17H19NO3/c1-18(12-14-8-4-3-5-9-14)17(19)13-21-16-11-7-6-10-15(16)20-2/h3-11H,12-13H2,1-2H3. The second-order valence-corrected chi connectivity index (χ2v) is 4.67. The molecule has 0 atom stereocenters. The lowest BCUT2D eigenvalue weighted by molar-refractivity contribution is -0.132. The third-order valence-electron chi connectivity index (χ3n) is 3.11. The van der Waals surface area contributed by atoms with E-state index in [0.717, 1.165) is 5.56 Å². The largest absolute Gasteiger partial charge is 0.493 e. The summed E-state index contributed by atoms with van der Waals surface area (Å²) < 4.78 is 10.7. The number of hydrogen-bond donors (Lipinski definition) is 0. The first-order valence-corrected chi connectivity index (χ1v) is 6.74. The fourth-order valence-electron chi connectivity index (χ4n) is 1.93. The number of carbonyl (C=O) groups is 1. The molecule has 0 spiro atoms. The van der Waals surface area contributed by atoms with E-state index in [1.165, 1.54) is 0 Å². The Morgan fingerprint density at radius 1 is 1.00 bits per heavy atom. The fraction of sp³-hybridized carbons (Fsp3) is 0.235. The van der Waals surface area contributed by atoms with Crippen LogP contribution in [0, 0.1) is 0 Å². The molecule has 4 nitrogen and oxygen atoms in total. The van der Waals surface area contributed by atoms with Crippen molar-refractivity contribution in [1.29, 1.82) is 0 Å². The summed E-state index contributed by atoms with van der Waals surface area (Å²) in [5.74, 6) is 1.11. The average Bonchev–Trinajstić information content (AvgIpc) is 2.53. The molecule has 0 aliphatic rings. The van der Waals surface area contributed by atoms with E-state index in [9.17, 15) is 4.79 Å². The number of hydrogen-bond acceptors (Lipinski definition) is 3. The fourth-order valence-corrected chi connectivity index (χ4v) is 1.93. The highest BCUT2D eigenvalue weighted by Crippen LogP contribution is 2.25. The van der Waals surface area contributed by atoms with Crippen molar-refractivity contribution in [2.75, 3.05) is 20.8 Å². The highest BCUT2D eigenvalue weighted by molar-refractivity contribution is 5.77. The SMILES string of the molecule is COc1ccccc1OCC(=O)N(C)Cc1ccccc1. The van der Waals surface area contributed by atoms with Crippen LogP contribution in [0.25, 0.3) is 0 Å². The van der Waals surface area contributed by atoms with Gasteiger partial charge in [-0.1, -0.05) is 42.5 Å². The van der Waals surface area contributed by atoms with Crippen molar-refractivity contribution in [2.45, 2.75) is 6.54 Å². The summed E-state index contributed by atoms with van der Waals surface area (Å²) in [6, 6.07) is 17.1. The smallest absolute Gasteiger partial charge is 0.260 e. The van der Waals surface area contributed by atoms with Gasteiger partial charge in [0.05, 0.1) is 7.11 Å². The van der Waals surface area contributed by atoms with Gasteiger partial charge in [-0.3, -0.25) is 4.79 Å². The van der Waals surface area contributed by atoms with Crippen LogP contribution in [0.5, 0.6) is 11.5 Å². The predicted octanol–water partition coefficient (Wildman–Crippen LogP) is 2.73. The van der Waals surface area contributed by atoms with E-state index >= 15 is 0 Å². The van der Waals surface area contributed by atoms with E-state index in [1.54, 1.807) is 31.2 Å². The molecule has 0 unspecified atom stereocenters. The Balaban J connectivity index is 1.89. The minimum Gasteiger partial charge on any atom is -0.493 e. The van der Waals surface area contributed by atoms with E-state index in [0.29, 0.717) is 18.0 Å². The first-order chi connectivity index (χ1) is 10.2. The molecule has 0 N–H and O–H groups in total. The van der Waals surface area contributed by atoms with E-state index < -0.39 is 0 Å². The lowest BCUT2D eigenvalue weighted by atomic mass is 10.2. The Hall–Kier alpha value is -2.49. The Kier molecular flexibility index (Phi) is 5.21. The molecule has 0 heterocycles. The minimum atomic E-state index is -0.0789. The summed E-state index contributed by atoms with van der Waals surface area (Å²) in [6.45, 7) is 0.554. The van der Waals surface area contributed by atoms with Gasteiger partial charge >= 0.3 is 0 Å². The molecule has 2 aromatic carbocycles. The summed E-state index contributed by atoms with van der Waals surface area (Å²) in [5.41, 5.74) is 1.09. The molecule has 0 radical (unpaired) electrons. The van der Waals surface area contributed by atoms with Crippen molar-refractivity contribution in [1.82, 2.24) is 4.90 Å². The van der Waals surface area contributed by atoms with Crippen molar-refractivity contribution in [3.63, 3.8) is 0 Å². The highest BCUT2D eigenvalue weighted by atomic mass is 16.5. The number of nitrogens with zero attached hydrogens (tertiary/aromatic N) is 1. The van der Waals surface area contributed by atoms with Gasteiger partial charge in [-0.05, 0) is 17.7 Å². The molecule has 0 aliphatic heterocycles. The van der Waals surface area contributed by atoms with Crippen LogP contribution in [-0.2, 0) is 11.3 Å². The summed E-state index contributed by atoms with van der Waals surface area (Å²) in [5, 5.41) is 0. The van der Waals surface area contributed by atoms with Crippen molar-refractivity contribution < 1.29 is 14.3 Å². The zero-order valence-corrected chi connectivity index (χ0v) is 12.3. The molecular weight excluding hydrogens is 266 g/mol. The molecule has 0 fully saturated rings. The Bertz CT molecular complexity index is 584. The third-order valence-corrected chi connectivity index (χ3v) is 3.11. The summed E-state index contributed by atoms with van der Waals surface area (Å²) in [7, 11) is 3.34. The van der Waals surface area contributed by atoms with Crippen molar-refractivity contribution in [3.05, 3.63) is 60.2 Å². The zero-order valence-electron chi connectivity index (χ0n) is 12.3. The number of para-hydroxylation sites is 2. The predicted molar refractivity (Wildman–Crippen MR) is 81.4 cm³/mol. The zero-order chi connectivity index (χ0) is 15.1. The van der Waals surface area contributed by atoms with Gasteiger partial charge < -0.3 is 14.4 Å². The molecule has 0 saturated carbocycles. The lowest BCUT2D eigenvalue weighted by Gasteiger charge is -2.18. The molecule has 0 aromatic heterocycles. The summed E-state index contributed by atoms with van der Waals surface area (Å²) in [6.07, 6.45) is 0. The number of benzene rings is 2. The Morgan fingerprint density at radius 2 is 1.62 bits per heavy atom. The maximum absolute atomic E-state index is 12.1. The number of methoxy groups -OCH3 is 1. The van der Waals surface area contributed by atoms with Gasteiger partial charge in [-0.25, -0.2) is 0 Å². The van der Waals surface area contributed by atoms with Gasteiger partial charge in [-0.15, -0.1) is 0 Å². The molecule has 0 aliphatic carbocycles. The first-order valence-electron chi connectivity index (χ1n) is 6.74. The maximum atomic E-state index is 12.1. The normalized spacial score (nSPS) is 10.0. The van der Waals surface area contributed by atoms with Gasteiger partial charge in [0.15, 0.2) is 18.1 Å². The van der Waals surface area contributed by atoms with Crippen molar-refractivity contribution >= 4 is 5.91 Å². The van der Waals surface area contributed by atoms with Gasteiger partial charge in [-0.2, -0.15) is 0 Å². The van der Waals surface area contributed by atoms with Crippen molar-refractivity contribution in [3.8, 4) is 11.5 Å². The van der Waals surface area contributed by atoms with Crippen LogP contribution < -0.4 is 9.47 Å². The van der Waals surface area contributed by atoms with Crippen LogP contribution in [-0.4, -0.2) is 31.6 Å². The maximum Gasteiger partial charge on any atom is 0.260 e. The van der Waals surface area contributed by atoms with E-state index in [4.69, 9.17) is 9.47 Å². The topological polar surface area (TPSA) is 38.8 Å². The molecule has 1 amide bonds. The molecule has 2 rings (SSSR count). The Morgan fingerprint density at radius 3 is 2.29 bits per heavy atom. The molecule has 0 saturated heterocycles. The number of likely N-dealkylation sites (N-methyl/N-ethyl adjacent to an activating group) is 1. The van der Waals surface area contributed by atoms with Crippen LogP contribution in [0.4, 0.5) is 0 Å². The Labute approximate surface area is 124 Å². The molecule has 21 heavy (non-hydrogen) atoms. The molecule has 110 valence electrons. The monoisotopic (exact) mass is 285 g/mol. The van der Waals surface area contributed by atoms with Crippen LogP contribution in [0.3, 0.4) is 0 Å². The molecule has 4 heteroatoms. The van der Waals surface area contributed by atoms with Gasteiger partial charge in [0.1, 0.15) is 0 Å². The van der Waals surface area contributed by atoms with E-state index in [1.807, 2.05) is 42.5 Å². The van der Waals surface area contributed by atoms with Crippen LogP contribution >= 0.6 is 0 Å². The lowest BCUT2D eigenvalue weighted by Crippen LogP contribution is -2.30. The summed E-state index contributed by atoms with van der Waals surface area (Å²) >= 11 is 0. The molecule has 2 aromatic rings. The first kappa shape index (κ1) is 14.9. The van der Waals surface area contributed by atoms with Gasteiger partial charge in [0.2, 0.25) is 0 Å². The average molecular weight is 285 g/mol. The van der Waals surface area contributed by atoms with Crippen LogP contribution in [0.15, 0.2) is 54.6 Å². The quantitative estimate of drug-likeness (QED) is 0.819. The molecular formula is C17H19NO3. The number of ether oxygens (including phenoxy) is 2.